The molecule has 1 aromatic rings. The molecule has 1 rings (SSSR count). The van der Waals surface area contributed by atoms with Crippen molar-refractivity contribution in [2.75, 3.05) is 26.4 Å². The van der Waals surface area contributed by atoms with Crippen LogP contribution in [0, 0.1) is 5.82 Å². The number of hydrogen-bond acceptors (Lipinski definition) is 5. The third-order valence-corrected chi connectivity index (χ3v) is 6.75. The molecule has 0 aliphatic carbocycles. The van der Waals surface area contributed by atoms with Crippen LogP contribution < -0.4 is 4.74 Å². The fourth-order valence-electron chi connectivity index (χ4n) is 2.53. The van der Waals surface area contributed by atoms with Crippen LogP contribution in [0.4, 0.5) is 4.39 Å². The Morgan fingerprint density at radius 3 is 2.26 bits per heavy atom. The molecule has 0 fully saturated rings. The van der Waals surface area contributed by atoms with Gasteiger partial charge in [0.2, 0.25) is 0 Å². The predicted molar refractivity (Wildman–Crippen MR) is 103 cm³/mol. The van der Waals surface area contributed by atoms with Gasteiger partial charge in [0.1, 0.15) is 0 Å². The Kier molecular flexibility index (Phi) is 10.9. The summed E-state index contributed by atoms with van der Waals surface area (Å²) >= 11 is 0. The summed E-state index contributed by atoms with van der Waals surface area (Å²) in [5.74, 6) is -1.46. The van der Waals surface area contributed by atoms with Crippen LogP contribution in [0.1, 0.15) is 39.2 Å². The molecule has 0 aromatic heterocycles. The molecule has 0 unspecified atom stereocenters. The summed E-state index contributed by atoms with van der Waals surface area (Å²) in [7, 11) is -2.65. The van der Waals surface area contributed by atoms with E-state index in [0.717, 1.165) is 12.5 Å². The summed E-state index contributed by atoms with van der Waals surface area (Å²) in [5, 5.41) is 8.59. The molecule has 0 aliphatic rings. The quantitative estimate of drug-likeness (QED) is 0.288. The van der Waals surface area contributed by atoms with E-state index in [1.807, 2.05) is 20.8 Å². The van der Waals surface area contributed by atoms with Crippen molar-refractivity contribution < 1.29 is 32.3 Å². The first-order valence-corrected chi connectivity index (χ1v) is 11.1. The molecule has 0 atom stereocenters. The van der Waals surface area contributed by atoms with Gasteiger partial charge in [-0.25, -0.2) is 9.18 Å². The third kappa shape index (κ3) is 8.66. The Morgan fingerprint density at radius 1 is 1.11 bits per heavy atom. The zero-order chi connectivity index (χ0) is 20.1. The van der Waals surface area contributed by atoms with Crippen LogP contribution in [-0.2, 0) is 18.1 Å². The molecule has 0 saturated heterocycles. The van der Waals surface area contributed by atoms with Crippen molar-refractivity contribution >= 4 is 20.8 Å². The average molecular weight is 401 g/mol. The van der Waals surface area contributed by atoms with Crippen molar-refractivity contribution in [3.63, 3.8) is 0 Å². The van der Waals surface area contributed by atoms with Gasteiger partial charge in [-0.15, -0.1) is 0 Å². The molecular formula is C19H29FO6Si. The lowest BCUT2D eigenvalue weighted by atomic mass is 10.2. The number of carbonyl (C=O) groups is 1. The van der Waals surface area contributed by atoms with Crippen LogP contribution in [0.2, 0.25) is 6.04 Å². The van der Waals surface area contributed by atoms with Gasteiger partial charge < -0.3 is 23.1 Å². The maximum Gasteiger partial charge on any atom is 0.500 e. The summed E-state index contributed by atoms with van der Waals surface area (Å²) < 4.78 is 36.9. The van der Waals surface area contributed by atoms with Gasteiger partial charge in [-0.1, -0.05) is 6.07 Å². The largest absolute Gasteiger partial charge is 0.500 e. The minimum absolute atomic E-state index is 0.144. The Bertz CT molecular complexity index is 591. The number of halogens is 1. The van der Waals surface area contributed by atoms with Gasteiger partial charge in [-0.3, -0.25) is 0 Å². The van der Waals surface area contributed by atoms with Gasteiger partial charge in [0.15, 0.2) is 11.6 Å². The number of benzene rings is 1. The summed E-state index contributed by atoms with van der Waals surface area (Å²) in [6, 6.07) is 5.03. The number of ether oxygens (including phenoxy) is 1. The highest BCUT2D eigenvalue weighted by atomic mass is 28.4. The monoisotopic (exact) mass is 400 g/mol. The molecule has 8 heteroatoms. The topological polar surface area (TPSA) is 74.2 Å². The fourth-order valence-corrected chi connectivity index (χ4v) is 5.22. The zero-order valence-corrected chi connectivity index (χ0v) is 17.2. The highest BCUT2D eigenvalue weighted by Crippen LogP contribution is 2.21. The van der Waals surface area contributed by atoms with Crippen LogP contribution in [-0.4, -0.2) is 46.3 Å². The number of carboxylic acid groups (broad SMARTS) is 1. The lowest BCUT2D eigenvalue weighted by Crippen LogP contribution is -2.45. The zero-order valence-electron chi connectivity index (χ0n) is 16.2. The Labute approximate surface area is 161 Å². The Morgan fingerprint density at radius 2 is 1.74 bits per heavy atom. The van der Waals surface area contributed by atoms with E-state index in [4.69, 9.17) is 23.1 Å². The maximum absolute atomic E-state index is 14.0. The van der Waals surface area contributed by atoms with E-state index in [1.165, 1.54) is 18.2 Å². The van der Waals surface area contributed by atoms with E-state index >= 15 is 0 Å². The van der Waals surface area contributed by atoms with Crippen LogP contribution in [0.15, 0.2) is 24.3 Å². The van der Waals surface area contributed by atoms with E-state index in [2.05, 4.69) is 0 Å². The van der Waals surface area contributed by atoms with Crippen molar-refractivity contribution in [3.8, 4) is 5.75 Å². The van der Waals surface area contributed by atoms with E-state index in [-0.39, 0.29) is 5.75 Å². The van der Waals surface area contributed by atoms with Crippen LogP contribution in [0.5, 0.6) is 5.75 Å². The van der Waals surface area contributed by atoms with Gasteiger partial charge in [0, 0.05) is 31.9 Å². The molecule has 0 radical (unpaired) electrons. The minimum Gasteiger partial charge on any atom is -0.491 e. The lowest BCUT2D eigenvalue weighted by molar-refractivity contribution is -0.131. The number of carboxylic acids is 1. The van der Waals surface area contributed by atoms with E-state index in [0.29, 0.717) is 44.5 Å². The number of hydrogen-bond donors (Lipinski definition) is 1. The second kappa shape index (κ2) is 12.6. The summed E-state index contributed by atoms with van der Waals surface area (Å²) in [6.07, 6.45) is 3.78. The maximum atomic E-state index is 14.0. The van der Waals surface area contributed by atoms with Crippen LogP contribution in [0.25, 0.3) is 6.08 Å². The van der Waals surface area contributed by atoms with E-state index in [9.17, 15) is 9.18 Å². The highest BCUT2D eigenvalue weighted by Gasteiger charge is 2.39. The molecular weight excluding hydrogens is 371 g/mol. The second-order valence-electron chi connectivity index (χ2n) is 5.65. The molecule has 0 spiro atoms. The SMILES string of the molecule is CCO[Si](CCCCOc1ccc(C=CC(=O)O)cc1F)(OCC)OCC. The number of rotatable bonds is 14. The van der Waals surface area contributed by atoms with Crippen LogP contribution in [0.3, 0.4) is 0 Å². The first kappa shape index (κ1) is 23.3. The minimum atomic E-state index is -2.65. The van der Waals surface area contributed by atoms with Crippen molar-refractivity contribution in [3.05, 3.63) is 35.7 Å². The van der Waals surface area contributed by atoms with Gasteiger partial charge in [0.25, 0.3) is 0 Å². The normalized spacial score (nSPS) is 11.9. The highest BCUT2D eigenvalue weighted by molar-refractivity contribution is 6.60. The standard InChI is InChI=1S/C19H29FO6Si/c1-4-24-27(25-5-2,26-6-3)14-8-7-13-23-18-11-9-16(15-17(18)20)10-12-19(21)22/h9-12,15H,4-8,13-14H2,1-3H3,(H,21,22). The number of aliphatic carboxylic acids is 1. The lowest BCUT2D eigenvalue weighted by Gasteiger charge is -2.28. The first-order chi connectivity index (χ1) is 13.0. The fraction of sp³-hybridized carbons (Fsp3) is 0.526. The van der Waals surface area contributed by atoms with Gasteiger partial charge in [-0.2, -0.15) is 0 Å². The number of unbranched alkanes of at least 4 members (excludes halogenated alkanes) is 1. The third-order valence-electron chi connectivity index (χ3n) is 3.60. The van der Waals surface area contributed by atoms with Gasteiger partial charge in [0.05, 0.1) is 6.61 Å². The van der Waals surface area contributed by atoms with E-state index in [1.54, 1.807) is 6.07 Å². The Hall–Kier alpha value is -1.74. The molecule has 0 bridgehead atoms. The average Bonchev–Trinajstić information content (AvgIpc) is 2.62. The summed E-state index contributed by atoms with van der Waals surface area (Å²) in [5.41, 5.74) is 0.461. The van der Waals surface area contributed by atoms with Crippen molar-refractivity contribution in [2.45, 2.75) is 39.7 Å². The summed E-state index contributed by atoms with van der Waals surface area (Å²) in [6.45, 7) is 7.73. The van der Waals surface area contributed by atoms with Crippen molar-refractivity contribution in [1.82, 2.24) is 0 Å². The summed E-state index contributed by atoms with van der Waals surface area (Å²) in [4.78, 5) is 10.5. The molecule has 152 valence electrons. The molecule has 27 heavy (non-hydrogen) atoms. The molecule has 1 N–H and O–H groups in total. The second-order valence-corrected chi connectivity index (χ2v) is 8.38. The molecule has 0 saturated carbocycles. The molecule has 1 aromatic carbocycles. The predicted octanol–water partition coefficient (Wildman–Crippen LogP) is 4.13. The molecule has 6 nitrogen and oxygen atoms in total. The van der Waals surface area contributed by atoms with Gasteiger partial charge in [-0.05, 0) is 57.4 Å². The molecule has 0 heterocycles. The Balaban J connectivity index is 2.49. The van der Waals surface area contributed by atoms with Gasteiger partial charge >= 0.3 is 14.8 Å². The van der Waals surface area contributed by atoms with Crippen molar-refractivity contribution in [2.24, 2.45) is 0 Å². The van der Waals surface area contributed by atoms with Crippen LogP contribution >= 0.6 is 0 Å². The first-order valence-electron chi connectivity index (χ1n) is 9.21. The van der Waals surface area contributed by atoms with E-state index < -0.39 is 20.6 Å². The van der Waals surface area contributed by atoms with Crippen molar-refractivity contribution in [1.29, 1.82) is 0 Å². The molecule has 0 aliphatic heterocycles. The molecule has 0 amide bonds. The smallest absolute Gasteiger partial charge is 0.491 e.